The van der Waals surface area contributed by atoms with E-state index in [1.54, 1.807) is 19.1 Å². The molecule has 1 N–H and O–H groups in total. The van der Waals surface area contributed by atoms with Crippen molar-refractivity contribution in [1.82, 2.24) is 15.5 Å². The lowest BCUT2D eigenvalue weighted by molar-refractivity contribution is -0.385. The summed E-state index contributed by atoms with van der Waals surface area (Å²) in [6.45, 7) is 3.70. The van der Waals surface area contributed by atoms with Gasteiger partial charge in [0.25, 0.3) is 5.69 Å². The Morgan fingerprint density at radius 2 is 2.20 bits per heavy atom. The normalized spacial score (nSPS) is 12.3. The Balaban J connectivity index is 2.33. The van der Waals surface area contributed by atoms with Gasteiger partial charge in [0, 0.05) is 17.2 Å². The maximum absolute atomic E-state index is 10.8. The highest BCUT2D eigenvalue weighted by molar-refractivity contribution is 5.58. The summed E-state index contributed by atoms with van der Waals surface area (Å²) < 4.78 is 5.61. The molecule has 0 bridgehead atoms. The number of aromatic nitrogens is 2. The predicted octanol–water partition coefficient (Wildman–Crippen LogP) is 2.62. The van der Waals surface area contributed by atoms with Crippen LogP contribution in [0.4, 0.5) is 5.69 Å². The fraction of sp³-hybridized carbons (Fsp3) is 0.385. The van der Waals surface area contributed by atoms with Gasteiger partial charge < -0.3 is 9.73 Å². The zero-order valence-electron chi connectivity index (χ0n) is 11.6. The van der Waals surface area contributed by atoms with Crippen molar-refractivity contribution in [3.8, 4) is 11.5 Å². The second-order valence-corrected chi connectivity index (χ2v) is 4.45. The van der Waals surface area contributed by atoms with Crippen molar-refractivity contribution < 1.29 is 9.34 Å². The maximum Gasteiger partial charge on any atom is 0.272 e. The van der Waals surface area contributed by atoms with Crippen molar-refractivity contribution >= 4 is 5.69 Å². The van der Waals surface area contributed by atoms with E-state index in [4.69, 9.17) is 4.42 Å². The largest absolute Gasteiger partial charge is 0.419 e. The second-order valence-electron chi connectivity index (χ2n) is 4.45. The Morgan fingerprint density at radius 3 is 2.75 bits per heavy atom. The number of nitro groups is 1. The van der Waals surface area contributed by atoms with Crippen LogP contribution in [0, 0.1) is 17.0 Å². The molecule has 7 heteroatoms. The molecule has 0 spiro atoms. The molecule has 1 aromatic heterocycles. The van der Waals surface area contributed by atoms with Gasteiger partial charge in [-0.1, -0.05) is 6.92 Å². The van der Waals surface area contributed by atoms with E-state index in [1.807, 2.05) is 14.0 Å². The molecule has 0 fully saturated rings. The molecule has 106 valence electrons. The van der Waals surface area contributed by atoms with Crippen molar-refractivity contribution in [2.75, 3.05) is 7.05 Å². The van der Waals surface area contributed by atoms with Gasteiger partial charge in [0.1, 0.15) is 0 Å². The number of hydrogen-bond acceptors (Lipinski definition) is 6. The molecule has 2 rings (SSSR count). The van der Waals surface area contributed by atoms with E-state index in [-0.39, 0.29) is 11.7 Å². The van der Waals surface area contributed by atoms with Crippen LogP contribution in [-0.4, -0.2) is 22.2 Å². The fourth-order valence-corrected chi connectivity index (χ4v) is 1.99. The van der Waals surface area contributed by atoms with E-state index in [1.165, 1.54) is 6.07 Å². The van der Waals surface area contributed by atoms with E-state index >= 15 is 0 Å². The predicted molar refractivity (Wildman–Crippen MR) is 73.2 cm³/mol. The topological polar surface area (TPSA) is 94.1 Å². The smallest absolute Gasteiger partial charge is 0.272 e. The molecular formula is C13H16N4O3. The molecule has 0 aliphatic heterocycles. The number of benzene rings is 1. The highest BCUT2D eigenvalue weighted by Gasteiger charge is 2.17. The van der Waals surface area contributed by atoms with Crippen molar-refractivity contribution in [3.63, 3.8) is 0 Å². The van der Waals surface area contributed by atoms with Gasteiger partial charge >= 0.3 is 0 Å². The summed E-state index contributed by atoms with van der Waals surface area (Å²) in [5, 5.41) is 21.9. The third-order valence-electron chi connectivity index (χ3n) is 3.14. The first-order chi connectivity index (χ1) is 9.56. The third-order valence-corrected chi connectivity index (χ3v) is 3.14. The van der Waals surface area contributed by atoms with Gasteiger partial charge in [0.05, 0.1) is 11.0 Å². The zero-order valence-corrected chi connectivity index (χ0v) is 11.6. The van der Waals surface area contributed by atoms with Gasteiger partial charge in [-0.3, -0.25) is 10.1 Å². The molecule has 0 aliphatic rings. The number of aryl methyl sites for hydroxylation is 1. The number of hydrogen-bond donors (Lipinski definition) is 1. The summed E-state index contributed by atoms with van der Waals surface area (Å²) in [6.07, 6.45) is 0.831. The van der Waals surface area contributed by atoms with Crippen LogP contribution in [0.15, 0.2) is 22.6 Å². The Morgan fingerprint density at radius 1 is 1.45 bits per heavy atom. The van der Waals surface area contributed by atoms with E-state index in [0.717, 1.165) is 6.42 Å². The quantitative estimate of drug-likeness (QED) is 0.666. The highest BCUT2D eigenvalue weighted by atomic mass is 16.6. The minimum Gasteiger partial charge on any atom is -0.419 e. The zero-order chi connectivity index (χ0) is 14.7. The Kier molecular flexibility index (Phi) is 4.09. The fourth-order valence-electron chi connectivity index (χ4n) is 1.99. The van der Waals surface area contributed by atoms with Crippen molar-refractivity contribution in [1.29, 1.82) is 0 Å². The second kappa shape index (κ2) is 5.79. The van der Waals surface area contributed by atoms with E-state index < -0.39 is 4.92 Å². The number of rotatable bonds is 5. The summed E-state index contributed by atoms with van der Waals surface area (Å²) in [5.41, 5.74) is 1.32. The SMILES string of the molecule is CCC(NC)c1nnc(-c2ccc([N+](=O)[O-])c(C)c2)o1. The van der Waals surface area contributed by atoms with Crippen LogP contribution in [0.1, 0.15) is 30.8 Å². The average molecular weight is 276 g/mol. The summed E-state index contributed by atoms with van der Waals surface area (Å²) in [6, 6.07) is 4.75. The lowest BCUT2D eigenvalue weighted by Crippen LogP contribution is -2.15. The van der Waals surface area contributed by atoms with Crippen LogP contribution < -0.4 is 5.32 Å². The van der Waals surface area contributed by atoms with Crippen molar-refractivity contribution in [3.05, 3.63) is 39.8 Å². The van der Waals surface area contributed by atoms with Crippen LogP contribution in [-0.2, 0) is 0 Å². The Bertz CT molecular complexity index is 620. The minimum absolute atomic E-state index is 0.00963. The Hall–Kier alpha value is -2.28. The van der Waals surface area contributed by atoms with Crippen LogP contribution in [0.25, 0.3) is 11.5 Å². The molecule has 1 heterocycles. The van der Waals surface area contributed by atoms with E-state index in [9.17, 15) is 10.1 Å². The summed E-state index contributed by atoms with van der Waals surface area (Å²) >= 11 is 0. The molecule has 20 heavy (non-hydrogen) atoms. The molecule has 1 atom stereocenters. The lowest BCUT2D eigenvalue weighted by atomic mass is 10.1. The van der Waals surface area contributed by atoms with Gasteiger partial charge in [0.15, 0.2) is 0 Å². The van der Waals surface area contributed by atoms with Gasteiger partial charge in [0.2, 0.25) is 11.8 Å². The van der Waals surface area contributed by atoms with Gasteiger partial charge in [-0.15, -0.1) is 10.2 Å². The first-order valence-electron chi connectivity index (χ1n) is 6.32. The summed E-state index contributed by atoms with van der Waals surface area (Å²) in [7, 11) is 1.83. The molecule has 1 aromatic carbocycles. The first-order valence-corrected chi connectivity index (χ1v) is 6.32. The average Bonchev–Trinajstić information content (AvgIpc) is 2.89. The van der Waals surface area contributed by atoms with E-state index in [0.29, 0.717) is 22.9 Å². The number of nitrogens with one attached hydrogen (secondary N) is 1. The molecule has 7 nitrogen and oxygen atoms in total. The standard InChI is InChI=1S/C13H16N4O3/c1-4-10(14-3)13-16-15-12(20-13)9-5-6-11(17(18)19)8(2)7-9/h5-7,10,14H,4H2,1-3H3. The molecular weight excluding hydrogens is 260 g/mol. The van der Waals surface area contributed by atoms with Gasteiger partial charge in [-0.05, 0) is 32.5 Å². The number of nitrogens with zero attached hydrogens (tertiary/aromatic N) is 3. The third kappa shape index (κ3) is 2.67. The van der Waals surface area contributed by atoms with Crippen LogP contribution in [0.3, 0.4) is 0 Å². The van der Waals surface area contributed by atoms with Crippen LogP contribution >= 0.6 is 0 Å². The summed E-state index contributed by atoms with van der Waals surface area (Å²) in [4.78, 5) is 10.4. The maximum atomic E-state index is 10.8. The van der Waals surface area contributed by atoms with Crippen LogP contribution in [0.5, 0.6) is 0 Å². The highest BCUT2D eigenvalue weighted by Crippen LogP contribution is 2.26. The van der Waals surface area contributed by atoms with Crippen molar-refractivity contribution in [2.45, 2.75) is 26.3 Å². The lowest BCUT2D eigenvalue weighted by Gasteiger charge is -2.07. The van der Waals surface area contributed by atoms with Crippen molar-refractivity contribution in [2.24, 2.45) is 0 Å². The molecule has 0 aliphatic carbocycles. The molecule has 0 saturated carbocycles. The minimum atomic E-state index is -0.410. The van der Waals surface area contributed by atoms with Crippen LogP contribution in [0.2, 0.25) is 0 Å². The number of nitro benzene ring substituents is 1. The molecule has 0 amide bonds. The Labute approximate surface area is 116 Å². The molecule has 0 saturated heterocycles. The molecule has 1 unspecified atom stereocenters. The van der Waals surface area contributed by atoms with Gasteiger partial charge in [-0.25, -0.2) is 0 Å². The molecule has 2 aromatic rings. The monoisotopic (exact) mass is 276 g/mol. The van der Waals surface area contributed by atoms with Gasteiger partial charge in [-0.2, -0.15) is 0 Å². The summed E-state index contributed by atoms with van der Waals surface area (Å²) in [5.74, 6) is 0.882. The molecule has 0 radical (unpaired) electrons. The first kappa shape index (κ1) is 14.1. The van der Waals surface area contributed by atoms with E-state index in [2.05, 4.69) is 15.5 Å².